The molecule has 0 bridgehead atoms. The van der Waals surface area contributed by atoms with Crippen molar-refractivity contribution in [3.05, 3.63) is 72.8 Å². The third-order valence-corrected chi connectivity index (χ3v) is 3.41. The smallest absolute Gasteiger partial charge is 0.293 e. The molecule has 112 valence electrons. The molecule has 0 unspecified atom stereocenters. The highest BCUT2D eigenvalue weighted by Crippen LogP contribution is 2.20. The SMILES string of the molecule is O=C(Nc1nc2cc(-c3ccccc3)ccn2n1)c1ccco1. The first kappa shape index (κ1) is 13.3. The van der Waals surface area contributed by atoms with Gasteiger partial charge in [0.15, 0.2) is 11.4 Å². The van der Waals surface area contributed by atoms with Gasteiger partial charge in [-0.1, -0.05) is 30.3 Å². The Morgan fingerprint density at radius 2 is 1.91 bits per heavy atom. The van der Waals surface area contributed by atoms with Crippen molar-refractivity contribution in [3.63, 3.8) is 0 Å². The van der Waals surface area contributed by atoms with E-state index in [-0.39, 0.29) is 17.6 Å². The maximum absolute atomic E-state index is 11.9. The molecule has 0 aliphatic rings. The molecule has 0 fully saturated rings. The second-order valence-corrected chi connectivity index (χ2v) is 4.95. The van der Waals surface area contributed by atoms with Crippen molar-refractivity contribution in [2.75, 3.05) is 5.32 Å². The molecule has 1 aromatic carbocycles. The first-order chi connectivity index (χ1) is 11.3. The van der Waals surface area contributed by atoms with Crippen LogP contribution in [0.25, 0.3) is 16.8 Å². The molecule has 0 radical (unpaired) electrons. The van der Waals surface area contributed by atoms with Gasteiger partial charge in [-0.05, 0) is 35.4 Å². The van der Waals surface area contributed by atoms with E-state index in [2.05, 4.69) is 15.4 Å². The fraction of sp³-hybridized carbons (Fsp3) is 0. The first-order valence-corrected chi connectivity index (χ1v) is 7.06. The van der Waals surface area contributed by atoms with E-state index in [0.29, 0.717) is 5.65 Å². The first-order valence-electron chi connectivity index (χ1n) is 7.06. The molecule has 6 heteroatoms. The second-order valence-electron chi connectivity index (χ2n) is 4.95. The molecule has 4 rings (SSSR count). The average molecular weight is 304 g/mol. The minimum absolute atomic E-state index is 0.217. The summed E-state index contributed by atoms with van der Waals surface area (Å²) in [5.74, 6) is 0.0691. The minimum Gasteiger partial charge on any atom is -0.459 e. The Balaban J connectivity index is 1.64. The number of furan rings is 1. The van der Waals surface area contributed by atoms with E-state index in [1.807, 2.05) is 48.7 Å². The number of hydrogen-bond donors (Lipinski definition) is 1. The van der Waals surface area contributed by atoms with Crippen LogP contribution in [-0.2, 0) is 0 Å². The third kappa shape index (κ3) is 2.57. The molecule has 0 saturated heterocycles. The van der Waals surface area contributed by atoms with Crippen LogP contribution in [0.3, 0.4) is 0 Å². The minimum atomic E-state index is -0.380. The van der Waals surface area contributed by atoms with Crippen molar-refractivity contribution in [2.24, 2.45) is 0 Å². The molecule has 4 aromatic rings. The normalized spacial score (nSPS) is 10.8. The van der Waals surface area contributed by atoms with Crippen LogP contribution < -0.4 is 5.32 Å². The molecule has 1 N–H and O–H groups in total. The van der Waals surface area contributed by atoms with Crippen LogP contribution in [-0.4, -0.2) is 20.5 Å². The molecule has 0 aliphatic heterocycles. The van der Waals surface area contributed by atoms with Gasteiger partial charge in [0.05, 0.1) is 6.26 Å². The summed E-state index contributed by atoms with van der Waals surface area (Å²) in [7, 11) is 0. The molecule has 0 atom stereocenters. The Labute approximate surface area is 131 Å². The molecular formula is C17H12N4O2. The highest BCUT2D eigenvalue weighted by atomic mass is 16.3. The summed E-state index contributed by atoms with van der Waals surface area (Å²) in [6.07, 6.45) is 3.26. The van der Waals surface area contributed by atoms with E-state index < -0.39 is 0 Å². The third-order valence-electron chi connectivity index (χ3n) is 3.41. The summed E-state index contributed by atoms with van der Waals surface area (Å²) in [4.78, 5) is 16.3. The lowest BCUT2D eigenvalue weighted by molar-refractivity contribution is 0.0996. The summed E-state index contributed by atoms with van der Waals surface area (Å²) >= 11 is 0. The zero-order valence-electron chi connectivity index (χ0n) is 12.0. The summed E-state index contributed by atoms with van der Waals surface area (Å²) in [6, 6.07) is 17.1. The number of nitrogens with one attached hydrogen (secondary N) is 1. The van der Waals surface area contributed by atoms with Crippen molar-refractivity contribution >= 4 is 17.5 Å². The quantitative estimate of drug-likeness (QED) is 0.630. The summed E-state index contributed by atoms with van der Waals surface area (Å²) in [5.41, 5.74) is 2.79. The largest absolute Gasteiger partial charge is 0.459 e. The summed E-state index contributed by atoms with van der Waals surface area (Å²) < 4.78 is 6.66. The van der Waals surface area contributed by atoms with E-state index in [1.165, 1.54) is 6.26 Å². The number of carbonyl (C=O) groups excluding carboxylic acids is 1. The number of amides is 1. The number of fused-ring (bicyclic) bond motifs is 1. The summed E-state index contributed by atoms with van der Waals surface area (Å²) in [6.45, 7) is 0. The van der Waals surface area contributed by atoms with E-state index in [9.17, 15) is 4.79 Å². The standard InChI is InChI=1S/C17H12N4O2/c22-16(14-7-4-10-23-14)19-17-18-15-11-13(8-9-21(15)20-17)12-5-2-1-3-6-12/h1-11H,(H,19,20,22). The van der Waals surface area contributed by atoms with Crippen molar-refractivity contribution < 1.29 is 9.21 Å². The Bertz CT molecular complexity index is 959. The molecule has 23 heavy (non-hydrogen) atoms. The van der Waals surface area contributed by atoms with Gasteiger partial charge in [-0.2, -0.15) is 4.98 Å². The van der Waals surface area contributed by atoms with Gasteiger partial charge in [0.1, 0.15) is 0 Å². The fourth-order valence-corrected chi connectivity index (χ4v) is 2.32. The van der Waals surface area contributed by atoms with E-state index in [1.54, 1.807) is 16.6 Å². The highest BCUT2D eigenvalue weighted by Gasteiger charge is 2.12. The molecule has 0 aliphatic carbocycles. The van der Waals surface area contributed by atoms with Crippen LogP contribution in [0.2, 0.25) is 0 Å². The number of pyridine rings is 1. The number of carbonyl (C=O) groups is 1. The van der Waals surface area contributed by atoms with Gasteiger partial charge in [0.2, 0.25) is 5.95 Å². The summed E-state index contributed by atoms with van der Waals surface area (Å²) in [5, 5.41) is 6.85. The number of rotatable bonds is 3. The van der Waals surface area contributed by atoms with Gasteiger partial charge in [0.25, 0.3) is 5.91 Å². The van der Waals surface area contributed by atoms with E-state index >= 15 is 0 Å². The maximum Gasteiger partial charge on any atom is 0.293 e. The van der Waals surface area contributed by atoms with E-state index in [4.69, 9.17) is 4.42 Å². The number of aromatic nitrogens is 3. The van der Waals surface area contributed by atoms with Gasteiger partial charge in [-0.15, -0.1) is 5.10 Å². The molecule has 3 aromatic heterocycles. The molecule has 0 saturated carbocycles. The van der Waals surface area contributed by atoms with Gasteiger partial charge < -0.3 is 4.42 Å². The van der Waals surface area contributed by atoms with Crippen LogP contribution in [0.4, 0.5) is 5.95 Å². The average Bonchev–Trinajstić information content (AvgIpc) is 3.24. The highest BCUT2D eigenvalue weighted by molar-refractivity contribution is 6.01. The maximum atomic E-state index is 11.9. The Morgan fingerprint density at radius 1 is 1.04 bits per heavy atom. The Hall–Kier alpha value is -3.41. The van der Waals surface area contributed by atoms with Crippen LogP contribution in [0, 0.1) is 0 Å². The zero-order chi connectivity index (χ0) is 15.6. The molecular weight excluding hydrogens is 292 g/mol. The van der Waals surface area contributed by atoms with Gasteiger partial charge in [0, 0.05) is 6.20 Å². The van der Waals surface area contributed by atoms with Gasteiger partial charge >= 0.3 is 0 Å². The number of hydrogen-bond acceptors (Lipinski definition) is 4. The molecule has 6 nitrogen and oxygen atoms in total. The van der Waals surface area contributed by atoms with Crippen molar-refractivity contribution in [1.82, 2.24) is 14.6 Å². The monoisotopic (exact) mass is 304 g/mol. The Morgan fingerprint density at radius 3 is 2.70 bits per heavy atom. The van der Waals surface area contributed by atoms with E-state index in [0.717, 1.165) is 11.1 Å². The lowest BCUT2D eigenvalue weighted by Crippen LogP contribution is -2.12. The second kappa shape index (κ2) is 5.42. The van der Waals surface area contributed by atoms with Crippen LogP contribution in [0.1, 0.15) is 10.6 Å². The molecule has 3 heterocycles. The zero-order valence-corrected chi connectivity index (χ0v) is 12.0. The van der Waals surface area contributed by atoms with Gasteiger partial charge in [-0.25, -0.2) is 4.52 Å². The number of anilines is 1. The predicted octanol–water partition coefficient (Wildman–Crippen LogP) is 3.24. The molecule has 0 spiro atoms. The fourth-order valence-electron chi connectivity index (χ4n) is 2.32. The number of nitrogens with zero attached hydrogens (tertiary/aromatic N) is 3. The number of benzene rings is 1. The topological polar surface area (TPSA) is 72.4 Å². The van der Waals surface area contributed by atoms with Crippen LogP contribution in [0.15, 0.2) is 71.5 Å². The van der Waals surface area contributed by atoms with Crippen molar-refractivity contribution in [3.8, 4) is 11.1 Å². The lowest BCUT2D eigenvalue weighted by Gasteiger charge is -2.00. The van der Waals surface area contributed by atoms with Crippen molar-refractivity contribution in [1.29, 1.82) is 0 Å². The van der Waals surface area contributed by atoms with Crippen LogP contribution in [0.5, 0.6) is 0 Å². The Kier molecular flexibility index (Phi) is 3.12. The molecule has 1 amide bonds. The van der Waals surface area contributed by atoms with Crippen LogP contribution >= 0.6 is 0 Å². The van der Waals surface area contributed by atoms with Crippen molar-refractivity contribution in [2.45, 2.75) is 0 Å². The van der Waals surface area contributed by atoms with Gasteiger partial charge in [-0.3, -0.25) is 10.1 Å². The lowest BCUT2D eigenvalue weighted by atomic mass is 10.1. The predicted molar refractivity (Wildman–Crippen MR) is 85.1 cm³/mol.